The average molecular weight is 761 g/mol. The van der Waals surface area contributed by atoms with Crippen LogP contribution in [-0.2, 0) is 19.1 Å². The molecule has 46 heavy (non-hydrogen) atoms. The van der Waals surface area contributed by atoms with Gasteiger partial charge in [0, 0.05) is 58.5 Å². The van der Waals surface area contributed by atoms with Gasteiger partial charge in [-0.2, -0.15) is 10.2 Å². The Labute approximate surface area is 293 Å². The minimum atomic E-state index is -3.76. The van der Waals surface area contributed by atoms with Crippen LogP contribution in [0.3, 0.4) is 0 Å². The molecule has 1 atom stereocenters. The summed E-state index contributed by atoms with van der Waals surface area (Å²) < 4.78 is 48.9. The number of hydrogen-bond acceptors (Lipinski definition) is 8. The topological polar surface area (TPSA) is 162 Å². The van der Waals surface area contributed by atoms with Gasteiger partial charge in [0.25, 0.3) is 19.1 Å². The molecule has 0 radical (unpaired) electrons. The Bertz CT molecular complexity index is 1590. The van der Waals surface area contributed by atoms with E-state index in [0.29, 0.717) is 30.6 Å². The summed E-state index contributed by atoms with van der Waals surface area (Å²) in [5.41, 5.74) is 5.66. The first-order valence-electron chi connectivity index (χ1n) is 14.0. The third kappa shape index (κ3) is 13.8. The number of rotatable bonds is 5. The van der Waals surface area contributed by atoms with E-state index >= 15 is 0 Å². The van der Waals surface area contributed by atoms with Crippen LogP contribution < -0.4 is 10.5 Å². The maximum atomic E-state index is 12.5. The molecule has 0 saturated carbocycles. The quantitative estimate of drug-likeness (QED) is 0.176. The second-order valence-corrected chi connectivity index (χ2v) is 16.7. The summed E-state index contributed by atoms with van der Waals surface area (Å²) in [5.74, 6) is 0.726. The predicted octanol–water partition coefficient (Wildman–Crippen LogP) is 5.40. The largest absolute Gasteiger partial charge is 0.368 e. The highest BCUT2D eigenvalue weighted by atomic mass is 35.7. The van der Waals surface area contributed by atoms with Gasteiger partial charge in [0.2, 0.25) is 11.9 Å². The van der Waals surface area contributed by atoms with Gasteiger partial charge >= 0.3 is 0 Å². The number of benzene rings is 1. The number of hydrazone groups is 2. The van der Waals surface area contributed by atoms with Crippen molar-refractivity contribution in [3.63, 3.8) is 0 Å². The molecule has 1 aliphatic carbocycles. The normalized spacial score (nSPS) is 20.2. The maximum absolute atomic E-state index is 12.5. The first kappa shape index (κ1) is 41.7. The fourth-order valence-electron chi connectivity index (χ4n) is 3.82. The van der Waals surface area contributed by atoms with E-state index in [1.807, 2.05) is 33.9 Å². The highest BCUT2D eigenvalue weighted by Gasteiger charge is 2.30. The van der Waals surface area contributed by atoms with Crippen molar-refractivity contribution in [2.45, 2.75) is 58.2 Å². The third-order valence-electron chi connectivity index (χ3n) is 5.99. The summed E-state index contributed by atoms with van der Waals surface area (Å²) >= 11 is 11.5. The zero-order valence-corrected chi connectivity index (χ0v) is 31.3. The molecule has 258 valence electrons. The molecule has 3 aliphatic rings. The lowest BCUT2D eigenvalue weighted by atomic mass is 9.97. The van der Waals surface area contributed by atoms with Gasteiger partial charge < -0.3 is 5.73 Å². The van der Waals surface area contributed by atoms with Crippen LogP contribution in [0.2, 0.25) is 5.02 Å². The molecule has 0 spiro atoms. The molecule has 0 amide bonds. The number of aliphatic imine (C=N–C) groups is 2. The molecule has 1 aromatic carbocycles. The highest BCUT2D eigenvalue weighted by Crippen LogP contribution is 2.25. The Morgan fingerprint density at radius 2 is 1.59 bits per heavy atom. The number of hydrogen-bond donors (Lipinski definition) is 2. The van der Waals surface area contributed by atoms with E-state index in [1.54, 1.807) is 40.5 Å². The van der Waals surface area contributed by atoms with Gasteiger partial charge in [-0.15, -0.1) is 24.0 Å². The van der Waals surface area contributed by atoms with Crippen LogP contribution in [0.15, 0.2) is 72.5 Å². The van der Waals surface area contributed by atoms with Crippen LogP contribution in [0, 0.1) is 10.8 Å². The summed E-state index contributed by atoms with van der Waals surface area (Å²) in [5, 5.41) is 11.8. The molecule has 12 nitrogen and oxygen atoms in total. The van der Waals surface area contributed by atoms with Crippen molar-refractivity contribution in [2.24, 2.45) is 36.8 Å². The van der Waals surface area contributed by atoms with Crippen molar-refractivity contribution in [3.8, 4) is 0 Å². The fourth-order valence-corrected chi connectivity index (χ4v) is 6.45. The molecule has 0 bridgehead atoms. The van der Waals surface area contributed by atoms with Crippen LogP contribution >= 0.6 is 46.3 Å². The molecule has 1 unspecified atom stereocenters. The van der Waals surface area contributed by atoms with Gasteiger partial charge in [-0.3, -0.25) is 9.98 Å². The lowest BCUT2D eigenvalue weighted by Gasteiger charge is -2.21. The van der Waals surface area contributed by atoms with Crippen LogP contribution in [-0.4, -0.2) is 82.8 Å². The summed E-state index contributed by atoms with van der Waals surface area (Å²) in [6.07, 6.45) is 8.74. The lowest BCUT2D eigenvalue weighted by molar-refractivity contribution is 0.379. The Balaban J connectivity index is 0.000000374. The minimum Gasteiger partial charge on any atom is -0.368 e. The minimum absolute atomic E-state index is 0. The molecule has 2 heterocycles. The lowest BCUT2D eigenvalue weighted by Crippen LogP contribution is -2.42. The summed E-state index contributed by atoms with van der Waals surface area (Å²) in [4.78, 5) is 8.56. The molecular formula is C28H42Cl4N8O4S2. The van der Waals surface area contributed by atoms with Crippen LogP contribution in [0.4, 0.5) is 0 Å². The highest BCUT2D eigenvalue weighted by molar-refractivity contribution is 8.16. The van der Waals surface area contributed by atoms with Gasteiger partial charge in [-0.05, 0) is 38.1 Å². The number of alkyl halides is 1. The number of nitrogens with two attached hydrogens (primary N) is 1. The molecule has 18 heteroatoms. The van der Waals surface area contributed by atoms with E-state index in [4.69, 9.17) is 39.6 Å². The Hall–Kier alpha value is -2.36. The monoisotopic (exact) mass is 758 g/mol. The number of allylic oxidation sites excluding steroid dienone is 4. The number of sulfonamides is 1. The zero-order chi connectivity index (χ0) is 34.1. The van der Waals surface area contributed by atoms with E-state index in [1.165, 1.54) is 18.2 Å². The van der Waals surface area contributed by atoms with E-state index < -0.39 is 19.1 Å². The molecule has 2 aliphatic heterocycles. The summed E-state index contributed by atoms with van der Waals surface area (Å²) in [6.45, 7) is 14.6. The Morgan fingerprint density at radius 1 is 1.02 bits per heavy atom. The van der Waals surface area contributed by atoms with E-state index in [0.717, 1.165) is 6.54 Å². The Kier molecular flexibility index (Phi) is 16.0. The number of nitrogens with zero attached hydrogens (tertiary/aromatic N) is 6. The number of halogens is 4. The van der Waals surface area contributed by atoms with E-state index in [2.05, 4.69) is 38.8 Å². The summed E-state index contributed by atoms with van der Waals surface area (Å²) in [6, 6.07) is 6.08. The van der Waals surface area contributed by atoms with E-state index in [9.17, 15) is 16.8 Å². The second kappa shape index (κ2) is 17.7. The van der Waals surface area contributed by atoms with Crippen LogP contribution in [0.25, 0.3) is 0 Å². The average Bonchev–Trinajstić information content (AvgIpc) is 3.49. The number of guanidine groups is 2. The second-order valence-electron chi connectivity index (χ2n) is 11.5. The van der Waals surface area contributed by atoms with Crippen molar-refractivity contribution in [2.75, 3.05) is 26.2 Å². The zero-order valence-electron chi connectivity index (χ0n) is 26.6. The molecule has 0 fully saturated rings. The van der Waals surface area contributed by atoms with Crippen molar-refractivity contribution < 1.29 is 16.8 Å². The smallest absolute Gasteiger partial charge is 0.264 e. The first-order chi connectivity index (χ1) is 20.8. The van der Waals surface area contributed by atoms with Gasteiger partial charge in [0.15, 0.2) is 0 Å². The third-order valence-corrected chi connectivity index (χ3v) is 9.37. The van der Waals surface area contributed by atoms with Crippen molar-refractivity contribution in [3.05, 3.63) is 52.4 Å². The van der Waals surface area contributed by atoms with Crippen molar-refractivity contribution in [1.29, 1.82) is 0 Å². The van der Waals surface area contributed by atoms with E-state index in [-0.39, 0.29) is 50.8 Å². The standard InChI is InChI=1S/C14H19ClN4O2S.C8H16N4.C6H6Cl2O2S.ClH/c1-4-16-13(19-10-14(2,3)9-17-19)18-22(20,21)12-7-5-6-11(15)8-12;1-4-10-7(9)12-6-8(2,3)5-11-12;7-5-2-1-3-6(4-5)11(8,9)10;/h5-9H,4,10H2,1-3H3,(H,16,18);5H,4,6H2,1-3H3,(H2,9,10);1-3,5H,4H2;1H. The number of nitrogens with one attached hydrogen (secondary N) is 1. The molecule has 0 aromatic heterocycles. The molecule has 4 rings (SSSR count). The van der Waals surface area contributed by atoms with Gasteiger partial charge in [0.1, 0.15) is 0 Å². The molecular weight excluding hydrogens is 718 g/mol. The maximum Gasteiger partial charge on any atom is 0.264 e. The van der Waals surface area contributed by atoms with Gasteiger partial charge in [-0.25, -0.2) is 31.6 Å². The summed E-state index contributed by atoms with van der Waals surface area (Å²) in [7, 11) is -2.23. The van der Waals surface area contributed by atoms with Crippen LogP contribution in [0.5, 0.6) is 0 Å². The SMILES string of the molecule is CCN=C(N)N1CC(C)(C)C=N1.CCN=C(NS(=O)(=O)c1cccc(Cl)c1)N1CC(C)(C)C=N1.Cl.O=S(=O)(Cl)C1=CC=CC(Cl)C1. The molecule has 3 N–H and O–H groups in total. The molecule has 0 saturated heterocycles. The fraction of sp³-hybridized carbons (Fsp3) is 0.500. The Morgan fingerprint density at radius 3 is 2.02 bits per heavy atom. The van der Waals surface area contributed by atoms with Crippen molar-refractivity contribution in [1.82, 2.24) is 14.7 Å². The van der Waals surface area contributed by atoms with Gasteiger partial charge in [-0.1, -0.05) is 57.5 Å². The molecule has 1 aromatic rings. The van der Waals surface area contributed by atoms with Gasteiger partial charge in [0.05, 0.1) is 28.3 Å². The van der Waals surface area contributed by atoms with Crippen molar-refractivity contribution >= 4 is 89.7 Å². The van der Waals surface area contributed by atoms with Crippen LogP contribution in [0.1, 0.15) is 48.0 Å². The predicted molar refractivity (Wildman–Crippen MR) is 193 cm³/mol. The first-order valence-corrected chi connectivity index (χ1v) is 18.6.